The number of carbonyl (C=O) groups excluding carboxylic acids is 1. The molecule has 1 amide bonds. The zero-order valence-electron chi connectivity index (χ0n) is 11.4. The maximum atomic E-state index is 12.5. The van der Waals surface area contributed by atoms with E-state index in [-0.39, 0.29) is 18.6 Å². The highest BCUT2D eigenvalue weighted by molar-refractivity contribution is 5.95. The second-order valence-corrected chi connectivity index (χ2v) is 4.99. The Morgan fingerprint density at radius 3 is 3.11 bits per heavy atom. The first-order valence-corrected chi connectivity index (χ1v) is 6.83. The van der Waals surface area contributed by atoms with E-state index < -0.39 is 0 Å². The Balaban J connectivity index is 2.13. The van der Waals surface area contributed by atoms with Crippen LogP contribution >= 0.6 is 0 Å². The molecule has 0 bridgehead atoms. The van der Waals surface area contributed by atoms with E-state index in [1.165, 1.54) is 0 Å². The lowest BCUT2D eigenvalue weighted by Crippen LogP contribution is -2.37. The number of rotatable bonds is 5. The summed E-state index contributed by atoms with van der Waals surface area (Å²) >= 11 is 0. The van der Waals surface area contributed by atoms with Gasteiger partial charge in [0.1, 0.15) is 0 Å². The van der Waals surface area contributed by atoms with E-state index in [4.69, 9.17) is 5.73 Å². The van der Waals surface area contributed by atoms with Gasteiger partial charge in [-0.3, -0.25) is 9.48 Å². The van der Waals surface area contributed by atoms with Crippen LogP contribution in [-0.4, -0.2) is 51.4 Å². The molecule has 0 aromatic carbocycles. The van der Waals surface area contributed by atoms with Gasteiger partial charge in [0.25, 0.3) is 5.91 Å². The number of likely N-dealkylation sites (tertiary alicyclic amines) is 1. The largest absolute Gasteiger partial charge is 0.394 e. The molecule has 1 aromatic rings. The van der Waals surface area contributed by atoms with Crippen molar-refractivity contribution < 1.29 is 9.90 Å². The predicted octanol–water partition coefficient (Wildman–Crippen LogP) is 0.137. The summed E-state index contributed by atoms with van der Waals surface area (Å²) in [5, 5.41) is 13.5. The first-order chi connectivity index (χ1) is 9.19. The van der Waals surface area contributed by atoms with E-state index in [1.807, 2.05) is 11.6 Å². The van der Waals surface area contributed by atoms with Gasteiger partial charge in [-0.15, -0.1) is 0 Å². The van der Waals surface area contributed by atoms with E-state index in [0.717, 1.165) is 38.0 Å². The highest BCUT2D eigenvalue weighted by Gasteiger charge is 2.30. The Morgan fingerprint density at radius 1 is 1.63 bits per heavy atom. The van der Waals surface area contributed by atoms with Crippen LogP contribution in [0, 0.1) is 6.92 Å². The monoisotopic (exact) mass is 266 g/mol. The molecule has 2 heterocycles. The van der Waals surface area contributed by atoms with Crippen molar-refractivity contribution in [3.05, 3.63) is 17.5 Å². The van der Waals surface area contributed by atoms with Crippen molar-refractivity contribution in [2.75, 3.05) is 19.7 Å². The molecule has 6 nitrogen and oxygen atoms in total. The average molecular weight is 266 g/mol. The molecule has 0 radical (unpaired) electrons. The Morgan fingerprint density at radius 2 is 2.42 bits per heavy atom. The van der Waals surface area contributed by atoms with Gasteiger partial charge < -0.3 is 15.7 Å². The lowest BCUT2D eigenvalue weighted by atomic mass is 10.2. The summed E-state index contributed by atoms with van der Waals surface area (Å²) in [7, 11) is 0. The highest BCUT2D eigenvalue weighted by atomic mass is 16.3. The summed E-state index contributed by atoms with van der Waals surface area (Å²) in [6.45, 7) is 4.00. The van der Waals surface area contributed by atoms with Gasteiger partial charge in [-0.2, -0.15) is 5.10 Å². The summed E-state index contributed by atoms with van der Waals surface area (Å²) in [4.78, 5) is 14.2. The second-order valence-electron chi connectivity index (χ2n) is 4.99. The Bertz CT molecular complexity index is 444. The van der Waals surface area contributed by atoms with Gasteiger partial charge in [0.05, 0.1) is 24.4 Å². The summed E-state index contributed by atoms with van der Waals surface area (Å²) in [5.41, 5.74) is 7.00. The minimum Gasteiger partial charge on any atom is -0.394 e. The molecule has 0 unspecified atom stereocenters. The first kappa shape index (κ1) is 14.0. The fraction of sp³-hybridized carbons (Fsp3) is 0.692. The smallest absolute Gasteiger partial charge is 0.257 e. The molecule has 1 aliphatic rings. The summed E-state index contributed by atoms with van der Waals surface area (Å²) in [6, 6.07) is -0.0423. The molecule has 1 aromatic heterocycles. The van der Waals surface area contributed by atoms with Gasteiger partial charge in [0.15, 0.2) is 0 Å². The number of hydrogen-bond acceptors (Lipinski definition) is 4. The third kappa shape index (κ3) is 2.79. The molecule has 3 N–H and O–H groups in total. The van der Waals surface area contributed by atoms with Gasteiger partial charge in [0, 0.05) is 18.8 Å². The number of amides is 1. The van der Waals surface area contributed by atoms with Crippen LogP contribution in [0.3, 0.4) is 0 Å². The number of aliphatic hydroxyl groups is 1. The molecule has 19 heavy (non-hydrogen) atoms. The zero-order chi connectivity index (χ0) is 13.8. The molecule has 2 rings (SSSR count). The Labute approximate surface area is 113 Å². The normalized spacial score (nSPS) is 19.1. The molecular weight excluding hydrogens is 244 g/mol. The van der Waals surface area contributed by atoms with Crippen molar-refractivity contribution >= 4 is 5.91 Å². The fourth-order valence-electron chi connectivity index (χ4n) is 2.57. The molecule has 1 fully saturated rings. The van der Waals surface area contributed by atoms with Crippen molar-refractivity contribution in [1.82, 2.24) is 14.7 Å². The fourth-order valence-corrected chi connectivity index (χ4v) is 2.57. The number of nitrogens with two attached hydrogens (primary N) is 1. The SMILES string of the molecule is Cc1c(C(=O)N2CCC[C@@H]2CO)cnn1CCCN. The maximum absolute atomic E-state index is 12.5. The second kappa shape index (κ2) is 6.16. The van der Waals surface area contributed by atoms with Crippen molar-refractivity contribution in [2.24, 2.45) is 5.73 Å². The molecule has 0 aliphatic carbocycles. The molecule has 6 heteroatoms. The molecule has 1 saturated heterocycles. The Kier molecular flexibility index (Phi) is 4.55. The standard InChI is InChI=1S/C13H22N4O2/c1-10-12(8-15-17(10)7-3-5-14)13(19)16-6-2-4-11(16)9-18/h8,11,18H,2-7,9,14H2,1H3/t11-/m1/s1. The quantitative estimate of drug-likeness (QED) is 0.794. The number of hydrogen-bond donors (Lipinski definition) is 2. The van der Waals surface area contributed by atoms with Crippen molar-refractivity contribution in [2.45, 2.75) is 38.8 Å². The molecule has 106 valence electrons. The van der Waals surface area contributed by atoms with E-state index in [9.17, 15) is 9.90 Å². The van der Waals surface area contributed by atoms with Crippen LogP contribution in [0.1, 0.15) is 35.3 Å². The van der Waals surface area contributed by atoms with Crippen LogP contribution < -0.4 is 5.73 Å². The molecule has 0 saturated carbocycles. The van der Waals surface area contributed by atoms with Gasteiger partial charge in [-0.25, -0.2) is 0 Å². The van der Waals surface area contributed by atoms with Gasteiger partial charge in [0.2, 0.25) is 0 Å². The van der Waals surface area contributed by atoms with E-state index in [0.29, 0.717) is 12.1 Å². The van der Waals surface area contributed by atoms with Crippen LogP contribution in [0.5, 0.6) is 0 Å². The van der Waals surface area contributed by atoms with E-state index in [1.54, 1.807) is 11.1 Å². The minimum absolute atomic E-state index is 0.0203. The lowest BCUT2D eigenvalue weighted by Gasteiger charge is -2.22. The van der Waals surface area contributed by atoms with Crippen molar-refractivity contribution in [1.29, 1.82) is 0 Å². The van der Waals surface area contributed by atoms with Crippen molar-refractivity contribution in [3.8, 4) is 0 Å². The van der Waals surface area contributed by atoms with Crippen LogP contribution in [0.15, 0.2) is 6.20 Å². The first-order valence-electron chi connectivity index (χ1n) is 6.83. The number of nitrogens with zero attached hydrogens (tertiary/aromatic N) is 3. The number of carbonyl (C=O) groups is 1. The summed E-state index contributed by atoms with van der Waals surface area (Å²) in [6.07, 6.45) is 4.31. The average Bonchev–Trinajstić information content (AvgIpc) is 3.02. The van der Waals surface area contributed by atoms with E-state index >= 15 is 0 Å². The van der Waals surface area contributed by atoms with Crippen LogP contribution in [0.25, 0.3) is 0 Å². The van der Waals surface area contributed by atoms with Gasteiger partial charge in [-0.05, 0) is 32.7 Å². The third-order valence-electron chi connectivity index (χ3n) is 3.76. The zero-order valence-corrected chi connectivity index (χ0v) is 11.4. The molecule has 1 aliphatic heterocycles. The minimum atomic E-state index is -0.0423. The van der Waals surface area contributed by atoms with Gasteiger partial charge in [-0.1, -0.05) is 0 Å². The molecular formula is C13H22N4O2. The molecule has 1 atom stereocenters. The lowest BCUT2D eigenvalue weighted by molar-refractivity contribution is 0.0676. The van der Waals surface area contributed by atoms with E-state index in [2.05, 4.69) is 5.10 Å². The van der Waals surface area contributed by atoms with Crippen LogP contribution in [0.4, 0.5) is 0 Å². The highest BCUT2D eigenvalue weighted by Crippen LogP contribution is 2.21. The van der Waals surface area contributed by atoms with Gasteiger partial charge >= 0.3 is 0 Å². The number of aryl methyl sites for hydroxylation is 1. The number of aromatic nitrogens is 2. The van der Waals surface area contributed by atoms with Crippen molar-refractivity contribution in [3.63, 3.8) is 0 Å². The third-order valence-corrected chi connectivity index (χ3v) is 3.76. The Hall–Kier alpha value is -1.40. The summed E-state index contributed by atoms with van der Waals surface area (Å²) < 4.78 is 1.82. The predicted molar refractivity (Wildman–Crippen MR) is 71.8 cm³/mol. The summed E-state index contributed by atoms with van der Waals surface area (Å²) in [5.74, 6) is -0.0203. The topological polar surface area (TPSA) is 84.4 Å². The van der Waals surface area contributed by atoms with Crippen LogP contribution in [-0.2, 0) is 6.54 Å². The van der Waals surface area contributed by atoms with Crippen LogP contribution in [0.2, 0.25) is 0 Å². The maximum Gasteiger partial charge on any atom is 0.257 e. The number of aliphatic hydroxyl groups excluding tert-OH is 1. The molecule has 0 spiro atoms.